The topological polar surface area (TPSA) is 44.8 Å². The van der Waals surface area contributed by atoms with E-state index in [-0.39, 0.29) is 0 Å². The van der Waals surface area contributed by atoms with Crippen LogP contribution < -0.4 is 0 Å². The summed E-state index contributed by atoms with van der Waals surface area (Å²) < 4.78 is 28.7. The first-order valence-electron chi connectivity index (χ1n) is 17.1. The van der Waals surface area contributed by atoms with Gasteiger partial charge in [-0.2, -0.15) is 0 Å². The standard InChI is InChI=1S/C33H69O4P/c1-4-6-8-10-12-14-16-18-20-22-24-26-28-30-32-36-38(34,35-3)37-33-31-29-27-25-23-21-19-17-15-13-11-9-7-5-2/h4-33H2,1-3H3. The van der Waals surface area contributed by atoms with Gasteiger partial charge in [0.15, 0.2) is 0 Å². The van der Waals surface area contributed by atoms with Crippen LogP contribution in [0.3, 0.4) is 0 Å². The van der Waals surface area contributed by atoms with Crippen LogP contribution in [0.4, 0.5) is 0 Å². The molecule has 0 aliphatic heterocycles. The molecule has 4 nitrogen and oxygen atoms in total. The zero-order chi connectivity index (χ0) is 27.8. The van der Waals surface area contributed by atoms with Crippen molar-refractivity contribution in [1.29, 1.82) is 0 Å². The van der Waals surface area contributed by atoms with Gasteiger partial charge in [0.25, 0.3) is 0 Å². The maximum Gasteiger partial charge on any atom is 0.474 e. The molecule has 0 aliphatic rings. The van der Waals surface area contributed by atoms with Crippen molar-refractivity contribution < 1.29 is 18.1 Å². The molecule has 0 bridgehead atoms. The Morgan fingerprint density at radius 3 is 0.789 bits per heavy atom. The third-order valence-electron chi connectivity index (χ3n) is 7.72. The normalized spacial score (nSPS) is 12.0. The fourth-order valence-corrected chi connectivity index (χ4v) is 6.08. The first-order valence-corrected chi connectivity index (χ1v) is 18.6. The van der Waals surface area contributed by atoms with E-state index in [1.807, 2.05) is 0 Å². The molecule has 0 spiro atoms. The van der Waals surface area contributed by atoms with Crippen LogP contribution >= 0.6 is 7.82 Å². The van der Waals surface area contributed by atoms with Gasteiger partial charge in [-0.3, -0.25) is 13.6 Å². The van der Waals surface area contributed by atoms with Gasteiger partial charge in [-0.1, -0.05) is 181 Å². The molecule has 0 amide bonds. The maximum absolute atomic E-state index is 12.6. The molecule has 0 aliphatic carbocycles. The van der Waals surface area contributed by atoms with E-state index in [1.54, 1.807) is 0 Å². The highest BCUT2D eigenvalue weighted by atomic mass is 31.2. The van der Waals surface area contributed by atoms with Gasteiger partial charge >= 0.3 is 7.82 Å². The number of rotatable bonds is 33. The van der Waals surface area contributed by atoms with Crippen LogP contribution in [-0.2, 0) is 18.1 Å². The van der Waals surface area contributed by atoms with E-state index in [1.165, 1.54) is 161 Å². The Kier molecular flexibility index (Phi) is 31.7. The first kappa shape index (κ1) is 38.1. The summed E-state index contributed by atoms with van der Waals surface area (Å²) in [6.45, 7) is 5.48. The van der Waals surface area contributed by atoms with Gasteiger partial charge in [-0.15, -0.1) is 0 Å². The lowest BCUT2D eigenvalue weighted by Gasteiger charge is -2.15. The molecule has 0 unspecified atom stereocenters. The zero-order valence-electron chi connectivity index (χ0n) is 26.3. The van der Waals surface area contributed by atoms with Crippen LogP contribution in [0.15, 0.2) is 0 Å². The molecule has 0 aromatic carbocycles. The van der Waals surface area contributed by atoms with E-state index in [0.717, 1.165) is 25.7 Å². The minimum Gasteiger partial charge on any atom is -0.290 e. The molecule has 0 aromatic rings. The van der Waals surface area contributed by atoms with Crippen LogP contribution in [-0.4, -0.2) is 20.3 Å². The van der Waals surface area contributed by atoms with Gasteiger partial charge < -0.3 is 0 Å². The van der Waals surface area contributed by atoms with Crippen molar-refractivity contribution in [2.75, 3.05) is 20.3 Å². The molecule has 0 aromatic heterocycles. The van der Waals surface area contributed by atoms with Gasteiger partial charge in [0.05, 0.1) is 13.2 Å². The first-order chi connectivity index (χ1) is 18.7. The lowest BCUT2D eigenvalue weighted by molar-refractivity contribution is 0.127. The molecule has 0 atom stereocenters. The van der Waals surface area contributed by atoms with E-state index >= 15 is 0 Å². The van der Waals surface area contributed by atoms with Crippen molar-refractivity contribution >= 4 is 7.82 Å². The molecular weight excluding hydrogens is 491 g/mol. The predicted molar refractivity (Wildman–Crippen MR) is 167 cm³/mol. The highest BCUT2D eigenvalue weighted by Crippen LogP contribution is 2.48. The Hall–Kier alpha value is 0.110. The summed E-state index contributed by atoms with van der Waals surface area (Å²) in [6.07, 6.45) is 37.1. The van der Waals surface area contributed by atoms with Crippen molar-refractivity contribution in [3.8, 4) is 0 Å². The van der Waals surface area contributed by atoms with Crippen LogP contribution in [0, 0.1) is 0 Å². The average Bonchev–Trinajstić information content (AvgIpc) is 2.93. The molecule has 0 fully saturated rings. The highest BCUT2D eigenvalue weighted by molar-refractivity contribution is 7.48. The summed E-state index contributed by atoms with van der Waals surface area (Å²) in [5.74, 6) is 0. The van der Waals surface area contributed by atoms with Gasteiger partial charge in [-0.05, 0) is 12.8 Å². The fraction of sp³-hybridized carbons (Fsp3) is 1.00. The third-order valence-corrected chi connectivity index (χ3v) is 9.16. The molecular formula is C33H69O4P. The molecule has 38 heavy (non-hydrogen) atoms. The molecule has 0 heterocycles. The highest BCUT2D eigenvalue weighted by Gasteiger charge is 2.24. The van der Waals surface area contributed by atoms with E-state index in [4.69, 9.17) is 13.6 Å². The number of phosphoric acid groups is 1. The second-order valence-corrected chi connectivity index (χ2v) is 13.3. The quantitative estimate of drug-likeness (QED) is 0.0591. The minimum atomic E-state index is -3.37. The van der Waals surface area contributed by atoms with E-state index in [0.29, 0.717) is 13.2 Å². The van der Waals surface area contributed by atoms with Crippen molar-refractivity contribution in [3.63, 3.8) is 0 Å². The van der Waals surface area contributed by atoms with Crippen molar-refractivity contribution in [1.82, 2.24) is 0 Å². The molecule has 0 rings (SSSR count). The number of unbranched alkanes of at least 4 members (excludes halogenated alkanes) is 26. The second-order valence-electron chi connectivity index (χ2n) is 11.5. The fourth-order valence-electron chi connectivity index (χ4n) is 5.09. The Bertz CT molecular complexity index is 448. The lowest BCUT2D eigenvalue weighted by Crippen LogP contribution is -2.01. The Morgan fingerprint density at radius 1 is 0.368 bits per heavy atom. The van der Waals surface area contributed by atoms with Gasteiger partial charge in [0.2, 0.25) is 0 Å². The third kappa shape index (κ3) is 29.1. The number of phosphoric ester groups is 1. The average molecular weight is 561 g/mol. The summed E-state index contributed by atoms with van der Waals surface area (Å²) >= 11 is 0. The predicted octanol–water partition coefficient (Wildman–Crippen LogP) is 12.7. The van der Waals surface area contributed by atoms with E-state index < -0.39 is 7.82 Å². The maximum atomic E-state index is 12.6. The summed E-state index contributed by atoms with van der Waals surface area (Å²) in [7, 11) is -1.95. The Morgan fingerprint density at radius 2 is 0.579 bits per heavy atom. The second kappa shape index (κ2) is 31.6. The van der Waals surface area contributed by atoms with Crippen LogP contribution in [0.2, 0.25) is 0 Å². The molecule has 0 saturated heterocycles. The lowest BCUT2D eigenvalue weighted by atomic mass is 10.0. The minimum absolute atomic E-state index is 0.460. The van der Waals surface area contributed by atoms with Crippen LogP contribution in [0.1, 0.15) is 194 Å². The monoisotopic (exact) mass is 560 g/mol. The Labute approximate surface area is 239 Å². The summed E-state index contributed by atoms with van der Waals surface area (Å²) in [5.41, 5.74) is 0. The van der Waals surface area contributed by atoms with Gasteiger partial charge in [0.1, 0.15) is 0 Å². The molecule has 5 heteroatoms. The van der Waals surface area contributed by atoms with E-state index in [2.05, 4.69) is 13.8 Å². The zero-order valence-corrected chi connectivity index (χ0v) is 27.2. The van der Waals surface area contributed by atoms with Crippen LogP contribution in [0.5, 0.6) is 0 Å². The molecule has 0 radical (unpaired) electrons. The van der Waals surface area contributed by atoms with Crippen molar-refractivity contribution in [2.45, 2.75) is 194 Å². The Balaban J connectivity index is 3.40. The van der Waals surface area contributed by atoms with Crippen molar-refractivity contribution in [3.05, 3.63) is 0 Å². The number of hydrogen-bond donors (Lipinski definition) is 0. The molecule has 0 N–H and O–H groups in total. The summed E-state index contributed by atoms with van der Waals surface area (Å²) in [4.78, 5) is 0. The largest absolute Gasteiger partial charge is 0.474 e. The van der Waals surface area contributed by atoms with Gasteiger partial charge in [0, 0.05) is 7.11 Å². The van der Waals surface area contributed by atoms with Crippen LogP contribution in [0.25, 0.3) is 0 Å². The van der Waals surface area contributed by atoms with E-state index in [9.17, 15) is 4.57 Å². The smallest absolute Gasteiger partial charge is 0.290 e. The number of hydrogen-bond acceptors (Lipinski definition) is 4. The SMILES string of the molecule is CCCCCCCCCCCCCCCCOP(=O)(OC)OCCCCCCCCCCCCCCCC. The molecule has 0 saturated carbocycles. The summed E-state index contributed by atoms with van der Waals surface area (Å²) in [5, 5.41) is 0. The summed E-state index contributed by atoms with van der Waals surface area (Å²) in [6, 6.07) is 0. The van der Waals surface area contributed by atoms with Crippen molar-refractivity contribution in [2.24, 2.45) is 0 Å². The molecule has 230 valence electrons. The van der Waals surface area contributed by atoms with Gasteiger partial charge in [-0.25, -0.2) is 4.57 Å².